The molecule has 4 aromatic carbocycles. The first kappa shape index (κ1) is 17.9. The third-order valence-electron chi connectivity index (χ3n) is 5.68. The summed E-state index contributed by atoms with van der Waals surface area (Å²) in [5.41, 5.74) is 7.53. The van der Waals surface area contributed by atoms with Crippen LogP contribution in [0.1, 0.15) is 33.4 Å². The summed E-state index contributed by atoms with van der Waals surface area (Å²) in [4.78, 5) is 0. The number of rotatable bonds is 2. The highest BCUT2D eigenvalue weighted by Gasteiger charge is 2.49. The summed E-state index contributed by atoms with van der Waals surface area (Å²) >= 11 is 8.41. The lowest BCUT2D eigenvalue weighted by Gasteiger charge is -2.45. The topological polar surface area (TPSA) is 0 Å². The van der Waals surface area contributed by atoms with E-state index in [4.69, 9.17) is 0 Å². The third kappa shape index (κ3) is 2.41. The average Bonchev–Trinajstić information content (AvgIpc) is 2.79. The average molecular weight is 490 g/mol. The molecule has 0 saturated heterocycles. The molecule has 0 N–H and O–H groups in total. The van der Waals surface area contributed by atoms with Crippen LogP contribution < -0.4 is 0 Å². The molecule has 0 amide bonds. The lowest BCUT2D eigenvalue weighted by Crippen LogP contribution is -2.37. The molecule has 0 spiro atoms. The molecule has 4 aromatic rings. The van der Waals surface area contributed by atoms with Gasteiger partial charge in [-0.05, 0) is 33.4 Å². The Balaban J connectivity index is 1.91. The normalized spacial score (nSPS) is 22.9. The fourth-order valence-corrected chi connectivity index (χ4v) is 6.33. The summed E-state index contributed by atoms with van der Waals surface area (Å²) in [7, 11) is 0. The molecule has 0 unspecified atom stereocenters. The molecule has 136 valence electrons. The van der Waals surface area contributed by atoms with Crippen molar-refractivity contribution < 1.29 is 0 Å². The predicted octanol–water partition coefficient (Wildman–Crippen LogP) is 7.37. The molecule has 0 saturated carbocycles. The van der Waals surface area contributed by atoms with E-state index in [0.717, 1.165) is 0 Å². The number of fused-ring (bicyclic) bond motifs is 2. The van der Waals surface area contributed by atoms with Gasteiger partial charge in [-0.1, -0.05) is 141 Å². The van der Waals surface area contributed by atoms with E-state index in [1.165, 1.54) is 33.4 Å². The molecule has 0 fully saturated rings. The maximum absolute atomic E-state index is 4.20. The van der Waals surface area contributed by atoms with E-state index in [0.29, 0.717) is 0 Å². The highest BCUT2D eigenvalue weighted by Crippen LogP contribution is 2.59. The van der Waals surface area contributed by atoms with E-state index < -0.39 is 8.65 Å². The first-order valence-corrected chi connectivity index (χ1v) is 10.9. The zero-order valence-corrected chi connectivity index (χ0v) is 18.3. The Kier molecular flexibility index (Phi) is 4.30. The molecule has 0 atom stereocenters. The van der Waals surface area contributed by atoms with E-state index in [-0.39, 0.29) is 0 Å². The molecule has 28 heavy (non-hydrogen) atoms. The Morgan fingerprint density at radius 3 is 0.893 bits per heavy atom. The Morgan fingerprint density at radius 1 is 0.357 bits per heavy atom. The number of hydrogen-bond acceptors (Lipinski definition) is 0. The number of halogens is 2. The van der Waals surface area contributed by atoms with Crippen molar-refractivity contribution in [2.24, 2.45) is 0 Å². The Labute approximate surface area is 182 Å². The Morgan fingerprint density at radius 2 is 0.607 bits per heavy atom. The van der Waals surface area contributed by atoms with Crippen molar-refractivity contribution in [1.82, 2.24) is 0 Å². The number of hydrogen-bond donors (Lipinski definition) is 0. The van der Waals surface area contributed by atoms with Gasteiger partial charge in [-0.25, -0.2) is 0 Å². The minimum atomic E-state index is -0.395. The Bertz CT molecular complexity index is 994. The monoisotopic (exact) mass is 488 g/mol. The molecule has 0 radical (unpaired) electrons. The van der Waals surface area contributed by atoms with E-state index in [2.05, 4.69) is 141 Å². The lowest BCUT2D eigenvalue weighted by molar-refractivity contribution is 0.764. The van der Waals surface area contributed by atoms with Crippen LogP contribution >= 0.6 is 31.9 Å². The van der Waals surface area contributed by atoms with Crippen LogP contribution in [0.4, 0.5) is 0 Å². The summed E-state index contributed by atoms with van der Waals surface area (Å²) < 4.78 is -0.791. The standard InChI is InChI=1S/C26H18Br2/c27-25(19-11-3-1-4-12-19)21-15-7-9-17-23(21)26(28,20-13-5-2-6-14-20)24-18-10-8-16-22(24)25/h1-18H. The molecule has 0 aromatic heterocycles. The van der Waals surface area contributed by atoms with Gasteiger partial charge in [-0.3, -0.25) is 0 Å². The SMILES string of the molecule is BrC1(c2ccccc2)c2ccccc2C(Br)(c2ccccc2)c2ccccc21. The van der Waals surface area contributed by atoms with E-state index in [1.54, 1.807) is 0 Å². The van der Waals surface area contributed by atoms with Gasteiger partial charge in [0.1, 0.15) is 8.65 Å². The summed E-state index contributed by atoms with van der Waals surface area (Å²) in [5, 5.41) is 0. The molecule has 0 aliphatic heterocycles. The van der Waals surface area contributed by atoms with Crippen LogP contribution in [-0.2, 0) is 8.65 Å². The second kappa shape index (κ2) is 6.72. The van der Waals surface area contributed by atoms with Crippen LogP contribution in [0, 0.1) is 0 Å². The van der Waals surface area contributed by atoms with Crippen molar-refractivity contribution in [3.05, 3.63) is 143 Å². The summed E-state index contributed by atoms with van der Waals surface area (Å²) in [6.07, 6.45) is 0. The van der Waals surface area contributed by atoms with Crippen LogP contribution in [0.25, 0.3) is 0 Å². The van der Waals surface area contributed by atoms with Crippen LogP contribution in [0.5, 0.6) is 0 Å². The number of benzene rings is 4. The van der Waals surface area contributed by atoms with Gasteiger partial charge in [0.05, 0.1) is 0 Å². The molecule has 1 aliphatic rings. The summed E-state index contributed by atoms with van der Waals surface area (Å²) in [6.45, 7) is 0. The second-order valence-corrected chi connectivity index (χ2v) is 9.52. The lowest BCUT2D eigenvalue weighted by atomic mass is 9.68. The molecule has 2 heteroatoms. The zero-order chi connectivity index (χ0) is 19.2. The number of alkyl halides is 2. The Hall–Kier alpha value is -2.16. The maximum Gasteiger partial charge on any atom is 0.101 e. The van der Waals surface area contributed by atoms with Crippen LogP contribution in [0.3, 0.4) is 0 Å². The van der Waals surface area contributed by atoms with Crippen LogP contribution in [0.2, 0.25) is 0 Å². The van der Waals surface area contributed by atoms with Gasteiger partial charge in [-0.2, -0.15) is 0 Å². The minimum Gasteiger partial charge on any atom is -0.0695 e. The van der Waals surface area contributed by atoms with Crippen molar-refractivity contribution in [2.75, 3.05) is 0 Å². The van der Waals surface area contributed by atoms with Crippen LogP contribution in [0.15, 0.2) is 109 Å². The van der Waals surface area contributed by atoms with E-state index in [1.807, 2.05) is 0 Å². The van der Waals surface area contributed by atoms with Crippen molar-refractivity contribution >= 4 is 31.9 Å². The second-order valence-electron chi connectivity index (χ2n) is 7.14. The van der Waals surface area contributed by atoms with Crippen molar-refractivity contribution in [3.63, 3.8) is 0 Å². The quantitative estimate of drug-likeness (QED) is 0.258. The van der Waals surface area contributed by atoms with Gasteiger partial charge in [0.25, 0.3) is 0 Å². The molecular weight excluding hydrogens is 472 g/mol. The fraction of sp³-hybridized carbons (Fsp3) is 0.0769. The van der Waals surface area contributed by atoms with Crippen LogP contribution in [-0.4, -0.2) is 0 Å². The minimum absolute atomic E-state index is 0.395. The molecule has 0 nitrogen and oxygen atoms in total. The van der Waals surface area contributed by atoms with Gasteiger partial charge in [-0.15, -0.1) is 0 Å². The molecule has 0 bridgehead atoms. The van der Waals surface area contributed by atoms with Crippen molar-refractivity contribution in [2.45, 2.75) is 8.65 Å². The van der Waals surface area contributed by atoms with Gasteiger partial charge >= 0.3 is 0 Å². The summed E-state index contributed by atoms with van der Waals surface area (Å²) in [6, 6.07) is 38.9. The molecule has 5 rings (SSSR count). The molecule has 1 aliphatic carbocycles. The molecular formula is C26H18Br2. The first-order chi connectivity index (χ1) is 13.7. The predicted molar refractivity (Wildman–Crippen MR) is 123 cm³/mol. The van der Waals surface area contributed by atoms with Crippen molar-refractivity contribution in [3.8, 4) is 0 Å². The van der Waals surface area contributed by atoms with E-state index >= 15 is 0 Å². The third-order valence-corrected chi connectivity index (χ3v) is 8.31. The van der Waals surface area contributed by atoms with Gasteiger partial charge in [0, 0.05) is 0 Å². The van der Waals surface area contributed by atoms with Crippen molar-refractivity contribution in [1.29, 1.82) is 0 Å². The highest BCUT2D eigenvalue weighted by molar-refractivity contribution is 9.10. The fourth-order valence-electron chi connectivity index (χ4n) is 4.42. The maximum atomic E-state index is 4.20. The van der Waals surface area contributed by atoms with Gasteiger partial charge in [0.15, 0.2) is 0 Å². The zero-order valence-electron chi connectivity index (χ0n) is 15.1. The van der Waals surface area contributed by atoms with Gasteiger partial charge < -0.3 is 0 Å². The first-order valence-electron chi connectivity index (χ1n) is 9.35. The summed E-state index contributed by atoms with van der Waals surface area (Å²) in [5.74, 6) is 0. The van der Waals surface area contributed by atoms with E-state index in [9.17, 15) is 0 Å². The smallest absolute Gasteiger partial charge is 0.0695 e. The highest BCUT2D eigenvalue weighted by atomic mass is 79.9. The van der Waals surface area contributed by atoms with Gasteiger partial charge in [0.2, 0.25) is 0 Å². The molecule has 0 heterocycles. The largest absolute Gasteiger partial charge is 0.101 e.